The molecule has 0 radical (unpaired) electrons. The Kier molecular flexibility index (Phi) is 4.81. The van der Waals surface area contributed by atoms with Gasteiger partial charge in [-0.3, -0.25) is 14.6 Å². The van der Waals surface area contributed by atoms with E-state index in [1.165, 1.54) is 11.8 Å². The second-order valence-corrected chi connectivity index (χ2v) is 6.35. The standard InChI is InChI=1S/C19H22N4O2/c1-14(24)23-18-13-20-10-9-17(18)22(12-6-11-21(2)3)16-8-5-4-7-15(16)19(23)25/h4-5,7-10,13H,6,11-12H2,1-3H3. The molecule has 0 bridgehead atoms. The summed E-state index contributed by atoms with van der Waals surface area (Å²) in [6.45, 7) is 3.08. The molecule has 6 heteroatoms. The predicted octanol–water partition coefficient (Wildman–Crippen LogP) is 2.68. The van der Waals surface area contributed by atoms with Crippen LogP contribution in [0.4, 0.5) is 17.1 Å². The second kappa shape index (κ2) is 7.03. The van der Waals surface area contributed by atoms with E-state index in [2.05, 4.69) is 14.8 Å². The molecule has 1 aromatic carbocycles. The fourth-order valence-electron chi connectivity index (χ4n) is 3.13. The molecule has 0 unspecified atom stereocenters. The second-order valence-electron chi connectivity index (χ2n) is 6.35. The quantitative estimate of drug-likeness (QED) is 0.858. The lowest BCUT2D eigenvalue weighted by molar-refractivity contribution is -0.115. The molecule has 2 aromatic rings. The summed E-state index contributed by atoms with van der Waals surface area (Å²) in [5.41, 5.74) is 2.70. The molecule has 2 heterocycles. The van der Waals surface area contributed by atoms with Crippen molar-refractivity contribution in [2.75, 3.05) is 37.0 Å². The number of pyridine rings is 1. The molecule has 1 aromatic heterocycles. The zero-order chi connectivity index (χ0) is 18.0. The number of carbonyl (C=O) groups excluding carboxylic acids is 2. The number of fused-ring (bicyclic) bond motifs is 2. The summed E-state index contributed by atoms with van der Waals surface area (Å²) < 4.78 is 0. The Hall–Kier alpha value is -2.73. The molecule has 0 fully saturated rings. The van der Waals surface area contributed by atoms with Crippen LogP contribution in [-0.2, 0) is 4.79 Å². The van der Waals surface area contributed by atoms with E-state index in [0.29, 0.717) is 11.3 Å². The van der Waals surface area contributed by atoms with Crippen molar-refractivity contribution >= 4 is 28.9 Å². The zero-order valence-corrected chi connectivity index (χ0v) is 14.8. The van der Waals surface area contributed by atoms with Crippen molar-refractivity contribution in [3.63, 3.8) is 0 Å². The lowest BCUT2D eigenvalue weighted by Crippen LogP contribution is -2.34. The van der Waals surface area contributed by atoms with Gasteiger partial charge in [0.1, 0.15) is 0 Å². The van der Waals surface area contributed by atoms with Crippen molar-refractivity contribution in [2.24, 2.45) is 0 Å². The molecule has 0 atom stereocenters. The minimum absolute atomic E-state index is 0.313. The maximum Gasteiger partial charge on any atom is 0.267 e. The van der Waals surface area contributed by atoms with Crippen molar-refractivity contribution in [1.82, 2.24) is 9.88 Å². The molecule has 1 aliphatic heterocycles. The molecular formula is C19H22N4O2. The normalized spacial score (nSPS) is 13.5. The number of para-hydroxylation sites is 1. The molecule has 6 nitrogen and oxygen atoms in total. The summed E-state index contributed by atoms with van der Waals surface area (Å²) in [6.07, 6.45) is 4.20. The number of rotatable bonds is 4. The first kappa shape index (κ1) is 17.1. The van der Waals surface area contributed by atoms with Crippen molar-refractivity contribution in [1.29, 1.82) is 0 Å². The molecule has 1 aliphatic rings. The van der Waals surface area contributed by atoms with E-state index >= 15 is 0 Å². The Bertz CT molecular complexity index is 804. The van der Waals surface area contributed by atoms with Gasteiger partial charge in [-0.15, -0.1) is 0 Å². The lowest BCUT2D eigenvalue weighted by Gasteiger charge is -2.27. The molecular weight excluding hydrogens is 316 g/mol. The fourth-order valence-corrected chi connectivity index (χ4v) is 3.13. The monoisotopic (exact) mass is 338 g/mol. The van der Waals surface area contributed by atoms with Gasteiger partial charge in [0.25, 0.3) is 5.91 Å². The van der Waals surface area contributed by atoms with E-state index in [9.17, 15) is 9.59 Å². The van der Waals surface area contributed by atoms with E-state index in [4.69, 9.17) is 0 Å². The Morgan fingerprint density at radius 3 is 2.60 bits per heavy atom. The van der Waals surface area contributed by atoms with Crippen molar-refractivity contribution in [3.8, 4) is 0 Å². The van der Waals surface area contributed by atoms with Crippen LogP contribution in [0, 0.1) is 0 Å². The number of aromatic nitrogens is 1. The molecule has 3 rings (SSSR count). The summed E-state index contributed by atoms with van der Waals surface area (Å²) in [5, 5.41) is 0. The zero-order valence-electron chi connectivity index (χ0n) is 14.8. The summed E-state index contributed by atoms with van der Waals surface area (Å²) >= 11 is 0. The van der Waals surface area contributed by atoms with E-state index in [1.807, 2.05) is 38.4 Å². The summed E-state index contributed by atoms with van der Waals surface area (Å²) in [5.74, 6) is -0.628. The molecule has 0 saturated heterocycles. The maximum atomic E-state index is 13.0. The molecule has 0 aliphatic carbocycles. The van der Waals surface area contributed by atoms with Crippen LogP contribution in [-0.4, -0.2) is 48.9 Å². The van der Waals surface area contributed by atoms with Crippen LogP contribution in [0.5, 0.6) is 0 Å². The highest BCUT2D eigenvalue weighted by Crippen LogP contribution is 2.40. The van der Waals surface area contributed by atoms with Crippen LogP contribution in [0.25, 0.3) is 0 Å². The maximum absolute atomic E-state index is 13.0. The Balaban J connectivity index is 2.14. The van der Waals surface area contributed by atoms with Crippen LogP contribution in [0.15, 0.2) is 42.7 Å². The molecule has 0 N–H and O–H groups in total. The summed E-state index contributed by atoms with van der Waals surface area (Å²) in [6, 6.07) is 9.29. The Morgan fingerprint density at radius 1 is 1.12 bits per heavy atom. The van der Waals surface area contributed by atoms with Gasteiger partial charge < -0.3 is 9.80 Å². The van der Waals surface area contributed by atoms with Gasteiger partial charge in [-0.25, -0.2) is 4.90 Å². The number of nitrogens with zero attached hydrogens (tertiary/aromatic N) is 4. The van der Waals surface area contributed by atoms with Gasteiger partial charge in [0.05, 0.1) is 28.8 Å². The van der Waals surface area contributed by atoms with Crippen LogP contribution < -0.4 is 9.80 Å². The SMILES string of the molecule is CC(=O)N1C(=O)c2ccccc2N(CCCN(C)C)c2ccncc21. The van der Waals surface area contributed by atoms with E-state index in [0.717, 1.165) is 30.9 Å². The van der Waals surface area contributed by atoms with Crippen LogP contribution >= 0.6 is 0 Å². The van der Waals surface area contributed by atoms with Crippen LogP contribution in [0.2, 0.25) is 0 Å². The van der Waals surface area contributed by atoms with Gasteiger partial charge in [0.15, 0.2) is 0 Å². The lowest BCUT2D eigenvalue weighted by atomic mass is 10.1. The minimum Gasteiger partial charge on any atom is -0.339 e. The topological polar surface area (TPSA) is 56.8 Å². The molecule has 0 saturated carbocycles. The van der Waals surface area contributed by atoms with E-state index < -0.39 is 0 Å². The third kappa shape index (κ3) is 3.25. The number of imide groups is 1. The van der Waals surface area contributed by atoms with Crippen LogP contribution in [0.3, 0.4) is 0 Å². The van der Waals surface area contributed by atoms with E-state index in [1.54, 1.807) is 18.5 Å². The van der Waals surface area contributed by atoms with Gasteiger partial charge in [-0.05, 0) is 45.3 Å². The highest BCUT2D eigenvalue weighted by Gasteiger charge is 2.32. The number of benzene rings is 1. The highest BCUT2D eigenvalue weighted by molar-refractivity contribution is 6.25. The number of hydrogen-bond acceptors (Lipinski definition) is 5. The van der Waals surface area contributed by atoms with Gasteiger partial charge in [0.2, 0.25) is 5.91 Å². The number of anilines is 3. The van der Waals surface area contributed by atoms with Crippen molar-refractivity contribution < 1.29 is 9.59 Å². The summed E-state index contributed by atoms with van der Waals surface area (Å²) in [7, 11) is 4.07. The Morgan fingerprint density at radius 2 is 1.88 bits per heavy atom. The first-order chi connectivity index (χ1) is 12.0. The largest absolute Gasteiger partial charge is 0.339 e. The smallest absolute Gasteiger partial charge is 0.267 e. The molecule has 25 heavy (non-hydrogen) atoms. The number of hydrogen-bond donors (Lipinski definition) is 0. The Labute approximate surface area is 147 Å². The third-order valence-corrected chi connectivity index (χ3v) is 4.24. The van der Waals surface area contributed by atoms with Gasteiger partial charge in [-0.2, -0.15) is 0 Å². The third-order valence-electron chi connectivity index (χ3n) is 4.24. The van der Waals surface area contributed by atoms with E-state index in [-0.39, 0.29) is 11.8 Å². The minimum atomic E-state index is -0.316. The fraction of sp³-hybridized carbons (Fsp3) is 0.316. The van der Waals surface area contributed by atoms with Gasteiger partial charge in [-0.1, -0.05) is 12.1 Å². The molecule has 2 amide bonds. The van der Waals surface area contributed by atoms with Crippen molar-refractivity contribution in [3.05, 3.63) is 48.3 Å². The van der Waals surface area contributed by atoms with Crippen LogP contribution in [0.1, 0.15) is 23.7 Å². The van der Waals surface area contributed by atoms with Crippen molar-refractivity contribution in [2.45, 2.75) is 13.3 Å². The van der Waals surface area contributed by atoms with Gasteiger partial charge >= 0.3 is 0 Å². The molecule has 0 spiro atoms. The number of carbonyl (C=O) groups is 2. The highest BCUT2D eigenvalue weighted by atomic mass is 16.2. The summed E-state index contributed by atoms with van der Waals surface area (Å²) in [4.78, 5) is 34.8. The molecule has 130 valence electrons. The average Bonchev–Trinajstić information content (AvgIpc) is 2.68. The predicted molar refractivity (Wildman–Crippen MR) is 98.3 cm³/mol. The first-order valence-electron chi connectivity index (χ1n) is 8.31. The first-order valence-corrected chi connectivity index (χ1v) is 8.31. The number of amides is 2. The average molecular weight is 338 g/mol. The van der Waals surface area contributed by atoms with Gasteiger partial charge in [0, 0.05) is 19.7 Å².